The van der Waals surface area contributed by atoms with Crippen molar-refractivity contribution in [1.82, 2.24) is 14.4 Å². The molecular weight excluding hydrogens is 166 g/mol. The van der Waals surface area contributed by atoms with Crippen LogP contribution in [0.5, 0.6) is 5.88 Å². The van der Waals surface area contributed by atoms with E-state index >= 15 is 0 Å². The largest absolute Gasteiger partial charge is 0.481 e. The number of rotatable bonds is 1. The third-order valence-corrected chi connectivity index (χ3v) is 1.90. The average Bonchev–Trinajstić information content (AvgIpc) is 2.42. The van der Waals surface area contributed by atoms with Crippen LogP contribution in [0.3, 0.4) is 0 Å². The van der Waals surface area contributed by atoms with Crippen molar-refractivity contribution >= 4 is 5.78 Å². The van der Waals surface area contributed by atoms with Crippen molar-refractivity contribution in [2.45, 2.75) is 13.8 Å². The quantitative estimate of drug-likeness (QED) is 0.660. The number of hydrogen-bond donors (Lipinski definition) is 0. The zero-order valence-corrected chi connectivity index (χ0v) is 7.90. The highest BCUT2D eigenvalue weighted by Gasteiger charge is 2.04. The fourth-order valence-corrected chi connectivity index (χ4v) is 1.33. The van der Waals surface area contributed by atoms with Gasteiger partial charge in [0.15, 0.2) is 0 Å². The maximum atomic E-state index is 5.10. The molecule has 0 saturated heterocycles. The van der Waals surface area contributed by atoms with Gasteiger partial charge in [0, 0.05) is 18.0 Å². The van der Waals surface area contributed by atoms with E-state index < -0.39 is 0 Å². The first-order chi connectivity index (χ1) is 6.20. The van der Waals surface area contributed by atoms with Crippen molar-refractivity contribution in [2.24, 2.45) is 0 Å². The SMILES string of the molecule is COc1nc2nc(C)cn2cc1C. The van der Waals surface area contributed by atoms with E-state index in [1.165, 1.54) is 0 Å². The van der Waals surface area contributed by atoms with E-state index in [9.17, 15) is 0 Å². The molecule has 0 spiro atoms. The van der Waals surface area contributed by atoms with Gasteiger partial charge in [0.1, 0.15) is 0 Å². The number of nitrogens with zero attached hydrogens (tertiary/aromatic N) is 3. The molecule has 2 rings (SSSR count). The van der Waals surface area contributed by atoms with Crippen LogP contribution in [0.1, 0.15) is 11.3 Å². The highest BCUT2D eigenvalue weighted by Crippen LogP contribution is 2.14. The first-order valence-electron chi connectivity index (χ1n) is 4.07. The van der Waals surface area contributed by atoms with E-state index in [2.05, 4.69) is 9.97 Å². The van der Waals surface area contributed by atoms with Crippen LogP contribution in [0.25, 0.3) is 5.78 Å². The van der Waals surface area contributed by atoms with Crippen LogP contribution in [0.4, 0.5) is 0 Å². The highest BCUT2D eigenvalue weighted by atomic mass is 16.5. The van der Waals surface area contributed by atoms with Gasteiger partial charge in [0.2, 0.25) is 11.7 Å². The normalized spacial score (nSPS) is 10.7. The molecule has 0 radical (unpaired) electrons. The molecule has 2 heterocycles. The summed E-state index contributed by atoms with van der Waals surface area (Å²) in [6.07, 6.45) is 3.90. The maximum absolute atomic E-state index is 5.10. The van der Waals surface area contributed by atoms with E-state index in [4.69, 9.17) is 4.74 Å². The summed E-state index contributed by atoms with van der Waals surface area (Å²) >= 11 is 0. The Morgan fingerprint density at radius 2 is 2.00 bits per heavy atom. The fraction of sp³-hybridized carbons (Fsp3) is 0.333. The molecule has 0 aromatic carbocycles. The van der Waals surface area contributed by atoms with Crippen molar-refractivity contribution in [3.05, 3.63) is 23.7 Å². The lowest BCUT2D eigenvalue weighted by molar-refractivity contribution is 0.394. The first-order valence-corrected chi connectivity index (χ1v) is 4.07. The van der Waals surface area contributed by atoms with E-state index in [0.717, 1.165) is 11.3 Å². The number of methoxy groups -OCH3 is 1. The Morgan fingerprint density at radius 1 is 1.23 bits per heavy atom. The van der Waals surface area contributed by atoms with Crippen LogP contribution >= 0.6 is 0 Å². The third kappa shape index (κ3) is 1.24. The summed E-state index contributed by atoms with van der Waals surface area (Å²) in [6.45, 7) is 3.90. The van der Waals surface area contributed by atoms with Crippen molar-refractivity contribution in [2.75, 3.05) is 7.11 Å². The van der Waals surface area contributed by atoms with Crippen molar-refractivity contribution in [1.29, 1.82) is 0 Å². The average molecular weight is 177 g/mol. The first kappa shape index (κ1) is 8.04. The van der Waals surface area contributed by atoms with E-state index in [1.807, 2.05) is 30.6 Å². The summed E-state index contributed by atoms with van der Waals surface area (Å²) in [4.78, 5) is 8.48. The molecule has 0 aliphatic heterocycles. The molecule has 4 nitrogen and oxygen atoms in total. The minimum Gasteiger partial charge on any atom is -0.481 e. The Hall–Kier alpha value is -1.58. The Kier molecular flexibility index (Phi) is 1.69. The summed E-state index contributed by atoms with van der Waals surface area (Å²) < 4.78 is 6.99. The van der Waals surface area contributed by atoms with Gasteiger partial charge in [-0.05, 0) is 13.8 Å². The third-order valence-electron chi connectivity index (χ3n) is 1.90. The van der Waals surface area contributed by atoms with Crippen LogP contribution in [0, 0.1) is 13.8 Å². The lowest BCUT2D eigenvalue weighted by Gasteiger charge is -2.02. The topological polar surface area (TPSA) is 39.4 Å². The van der Waals surface area contributed by atoms with Crippen LogP contribution in [0.2, 0.25) is 0 Å². The molecular formula is C9H11N3O. The van der Waals surface area contributed by atoms with E-state index in [-0.39, 0.29) is 0 Å². The summed E-state index contributed by atoms with van der Waals surface area (Å²) in [5, 5.41) is 0. The van der Waals surface area contributed by atoms with Gasteiger partial charge < -0.3 is 4.74 Å². The standard InChI is InChI=1S/C9H11N3O/c1-6-4-12-5-7(2)10-9(12)11-8(6)13-3/h4-5H,1-3H3. The van der Waals surface area contributed by atoms with Gasteiger partial charge in [-0.2, -0.15) is 4.98 Å². The molecule has 2 aromatic heterocycles. The van der Waals surface area contributed by atoms with Gasteiger partial charge >= 0.3 is 0 Å². The zero-order chi connectivity index (χ0) is 9.42. The molecule has 0 aliphatic carbocycles. The van der Waals surface area contributed by atoms with Gasteiger partial charge in [-0.3, -0.25) is 4.40 Å². The molecule has 0 saturated carbocycles. The summed E-state index contributed by atoms with van der Waals surface area (Å²) in [7, 11) is 1.61. The second-order valence-corrected chi connectivity index (χ2v) is 3.02. The molecule has 4 heteroatoms. The van der Waals surface area contributed by atoms with Gasteiger partial charge in [0.05, 0.1) is 12.8 Å². The fourth-order valence-electron chi connectivity index (χ4n) is 1.33. The minimum atomic E-state index is 0.637. The van der Waals surface area contributed by atoms with Gasteiger partial charge in [-0.25, -0.2) is 4.98 Å². The van der Waals surface area contributed by atoms with Gasteiger partial charge in [0.25, 0.3) is 0 Å². The Balaban J connectivity index is 2.72. The molecule has 13 heavy (non-hydrogen) atoms. The predicted octanol–water partition coefficient (Wildman–Crippen LogP) is 1.35. The second-order valence-electron chi connectivity index (χ2n) is 3.02. The summed E-state index contributed by atoms with van der Waals surface area (Å²) in [6, 6.07) is 0. The van der Waals surface area contributed by atoms with Crippen LogP contribution in [0.15, 0.2) is 12.4 Å². The lowest BCUT2D eigenvalue weighted by Crippen LogP contribution is -1.95. The zero-order valence-electron chi connectivity index (χ0n) is 7.90. The van der Waals surface area contributed by atoms with Crippen molar-refractivity contribution in [3.63, 3.8) is 0 Å². The smallest absolute Gasteiger partial charge is 0.237 e. The van der Waals surface area contributed by atoms with Crippen molar-refractivity contribution in [3.8, 4) is 5.88 Å². The number of hydrogen-bond acceptors (Lipinski definition) is 3. The molecule has 0 aliphatic rings. The monoisotopic (exact) mass is 177 g/mol. The Morgan fingerprint density at radius 3 is 2.69 bits per heavy atom. The predicted molar refractivity (Wildman–Crippen MR) is 49.0 cm³/mol. The second kappa shape index (κ2) is 2.73. The van der Waals surface area contributed by atoms with Crippen LogP contribution in [-0.4, -0.2) is 21.5 Å². The number of fused-ring (bicyclic) bond motifs is 1. The molecule has 68 valence electrons. The summed E-state index contributed by atoms with van der Waals surface area (Å²) in [5.74, 6) is 1.32. The lowest BCUT2D eigenvalue weighted by atomic mass is 10.4. The Bertz CT molecular complexity index is 447. The number of aryl methyl sites for hydroxylation is 2. The Labute approximate surface area is 76.2 Å². The molecule has 0 unspecified atom stereocenters. The van der Waals surface area contributed by atoms with Gasteiger partial charge in [-0.1, -0.05) is 0 Å². The molecule has 0 amide bonds. The molecule has 0 atom stereocenters. The molecule has 0 bridgehead atoms. The highest BCUT2D eigenvalue weighted by molar-refractivity contribution is 5.37. The van der Waals surface area contributed by atoms with E-state index in [0.29, 0.717) is 11.7 Å². The minimum absolute atomic E-state index is 0.637. The van der Waals surface area contributed by atoms with Crippen LogP contribution < -0.4 is 4.74 Å². The maximum Gasteiger partial charge on any atom is 0.237 e. The molecule has 0 N–H and O–H groups in total. The number of aromatic nitrogens is 3. The summed E-state index contributed by atoms with van der Waals surface area (Å²) in [5.41, 5.74) is 1.97. The number of imidazole rings is 1. The number of ether oxygens (including phenoxy) is 1. The van der Waals surface area contributed by atoms with Gasteiger partial charge in [-0.15, -0.1) is 0 Å². The molecule has 2 aromatic rings. The molecule has 0 fully saturated rings. The van der Waals surface area contributed by atoms with Crippen LogP contribution in [-0.2, 0) is 0 Å². The van der Waals surface area contributed by atoms with E-state index in [1.54, 1.807) is 7.11 Å². The van der Waals surface area contributed by atoms with Crippen molar-refractivity contribution < 1.29 is 4.74 Å².